The highest BCUT2D eigenvalue weighted by Crippen LogP contribution is 2.38. The molecular formula is C18H26ClN3O3. The number of carbonyl (C=O) groups is 1. The van der Waals surface area contributed by atoms with Crippen molar-refractivity contribution in [1.82, 2.24) is 15.1 Å². The Hall–Kier alpha value is -1.50. The fraction of sp³-hybridized carbons (Fsp3) is 0.611. The maximum absolute atomic E-state index is 12.4. The minimum absolute atomic E-state index is 0.135. The van der Waals surface area contributed by atoms with E-state index in [9.17, 15) is 4.79 Å². The van der Waals surface area contributed by atoms with Gasteiger partial charge in [0.1, 0.15) is 13.2 Å². The Balaban J connectivity index is 1.51. The van der Waals surface area contributed by atoms with E-state index in [1.165, 1.54) is 0 Å². The van der Waals surface area contributed by atoms with E-state index in [1.54, 1.807) is 12.1 Å². The predicted octanol–water partition coefficient (Wildman–Crippen LogP) is 1.72. The van der Waals surface area contributed by atoms with Crippen molar-refractivity contribution in [3.63, 3.8) is 0 Å². The lowest BCUT2D eigenvalue weighted by atomic mass is 10.1. The normalized spacial score (nSPS) is 19.5. The van der Waals surface area contributed by atoms with Crippen LogP contribution in [0, 0.1) is 5.92 Å². The number of likely N-dealkylation sites (N-methyl/N-ethyl adjacent to an activating group) is 1. The second kappa shape index (κ2) is 8.25. The van der Waals surface area contributed by atoms with Crippen molar-refractivity contribution in [2.45, 2.75) is 6.92 Å². The molecule has 1 saturated heterocycles. The third-order valence-corrected chi connectivity index (χ3v) is 4.92. The molecule has 6 nitrogen and oxygen atoms in total. The lowest BCUT2D eigenvalue weighted by molar-refractivity contribution is 0.0936. The molecule has 3 rings (SSSR count). The number of halogens is 1. The Kier molecular flexibility index (Phi) is 6.04. The summed E-state index contributed by atoms with van der Waals surface area (Å²) < 4.78 is 11.0. The van der Waals surface area contributed by atoms with Gasteiger partial charge in [-0.05, 0) is 25.1 Å². The van der Waals surface area contributed by atoms with Gasteiger partial charge in [0.2, 0.25) is 0 Å². The van der Waals surface area contributed by atoms with E-state index < -0.39 is 0 Å². The molecule has 0 aliphatic carbocycles. The van der Waals surface area contributed by atoms with Crippen LogP contribution in [-0.2, 0) is 0 Å². The van der Waals surface area contributed by atoms with Gasteiger partial charge in [-0.15, -0.1) is 0 Å². The van der Waals surface area contributed by atoms with Crippen molar-refractivity contribution >= 4 is 17.5 Å². The molecule has 1 amide bonds. The van der Waals surface area contributed by atoms with Crippen molar-refractivity contribution in [2.75, 3.05) is 59.5 Å². The Morgan fingerprint density at radius 3 is 2.72 bits per heavy atom. The summed E-state index contributed by atoms with van der Waals surface area (Å²) in [5, 5.41) is 3.41. The summed E-state index contributed by atoms with van der Waals surface area (Å²) >= 11 is 6.20. The average Bonchev–Trinajstić information content (AvgIpc) is 2.61. The van der Waals surface area contributed by atoms with E-state index in [4.69, 9.17) is 21.1 Å². The van der Waals surface area contributed by atoms with Gasteiger partial charge < -0.3 is 24.6 Å². The van der Waals surface area contributed by atoms with Gasteiger partial charge in [0.15, 0.2) is 11.5 Å². The van der Waals surface area contributed by atoms with Crippen LogP contribution in [0.5, 0.6) is 11.5 Å². The minimum Gasteiger partial charge on any atom is -0.486 e. The number of nitrogens with one attached hydrogen (secondary N) is 1. The van der Waals surface area contributed by atoms with Gasteiger partial charge in [-0.1, -0.05) is 18.5 Å². The zero-order chi connectivity index (χ0) is 17.8. The number of piperazine rings is 1. The number of hydrogen-bond donors (Lipinski definition) is 1. The number of amides is 1. The number of benzene rings is 1. The highest BCUT2D eigenvalue weighted by Gasteiger charge is 2.20. The summed E-state index contributed by atoms with van der Waals surface area (Å²) in [6.45, 7) is 9.13. The van der Waals surface area contributed by atoms with Crippen LogP contribution in [0.25, 0.3) is 0 Å². The Morgan fingerprint density at radius 1 is 1.24 bits per heavy atom. The summed E-state index contributed by atoms with van der Waals surface area (Å²) in [7, 11) is 2.15. The molecule has 2 aliphatic rings. The molecule has 25 heavy (non-hydrogen) atoms. The third-order valence-electron chi connectivity index (χ3n) is 4.64. The molecule has 0 aromatic heterocycles. The van der Waals surface area contributed by atoms with Gasteiger partial charge in [-0.3, -0.25) is 4.79 Å². The van der Waals surface area contributed by atoms with Crippen LogP contribution in [-0.4, -0.2) is 75.2 Å². The van der Waals surface area contributed by atoms with Gasteiger partial charge in [0.05, 0.1) is 5.02 Å². The number of hydrogen-bond acceptors (Lipinski definition) is 5. The largest absolute Gasteiger partial charge is 0.486 e. The standard InChI is InChI=1S/C18H26ClN3O3/c1-13(12-22-5-3-21(2)4-6-22)11-20-18(23)14-9-15(19)17-16(10-14)24-7-8-25-17/h9-10,13H,3-8,11-12H2,1-2H3,(H,20,23). The number of nitrogens with zero attached hydrogens (tertiary/aromatic N) is 2. The number of carbonyl (C=O) groups excluding carboxylic acids is 1. The first-order chi connectivity index (χ1) is 12.0. The van der Waals surface area contributed by atoms with Crippen LogP contribution >= 0.6 is 11.6 Å². The van der Waals surface area contributed by atoms with Gasteiger partial charge >= 0.3 is 0 Å². The SMILES string of the molecule is CC(CNC(=O)c1cc(Cl)c2c(c1)OCCO2)CN1CCN(C)CC1. The van der Waals surface area contributed by atoms with Crippen LogP contribution in [0.4, 0.5) is 0 Å². The summed E-state index contributed by atoms with van der Waals surface area (Å²) in [4.78, 5) is 17.2. The second-order valence-corrected chi connectivity index (χ2v) is 7.31. The summed E-state index contributed by atoms with van der Waals surface area (Å²) in [6.07, 6.45) is 0. The van der Waals surface area contributed by atoms with Gasteiger partial charge in [-0.2, -0.15) is 0 Å². The van der Waals surface area contributed by atoms with E-state index in [0.717, 1.165) is 32.7 Å². The monoisotopic (exact) mass is 367 g/mol. The number of rotatable bonds is 5. The zero-order valence-corrected chi connectivity index (χ0v) is 15.6. The quantitative estimate of drug-likeness (QED) is 0.858. The molecule has 0 spiro atoms. The maximum atomic E-state index is 12.4. The summed E-state index contributed by atoms with van der Waals surface area (Å²) in [5.41, 5.74) is 0.501. The highest BCUT2D eigenvalue weighted by molar-refractivity contribution is 6.32. The molecule has 1 fully saturated rings. The third kappa shape index (κ3) is 4.77. The summed E-state index contributed by atoms with van der Waals surface area (Å²) in [6, 6.07) is 3.33. The van der Waals surface area contributed by atoms with Crippen LogP contribution in [0.2, 0.25) is 5.02 Å². The molecule has 0 radical (unpaired) electrons. The van der Waals surface area contributed by atoms with Crippen molar-refractivity contribution in [3.05, 3.63) is 22.7 Å². The van der Waals surface area contributed by atoms with Crippen LogP contribution in [0.15, 0.2) is 12.1 Å². The Bertz CT molecular complexity index is 618. The number of fused-ring (bicyclic) bond motifs is 1. The van der Waals surface area contributed by atoms with Gasteiger partial charge in [0, 0.05) is 44.8 Å². The molecule has 7 heteroatoms. The van der Waals surface area contributed by atoms with Gasteiger partial charge in [-0.25, -0.2) is 0 Å². The van der Waals surface area contributed by atoms with E-state index >= 15 is 0 Å². The number of ether oxygens (including phenoxy) is 2. The first kappa shape index (κ1) is 18.3. The molecule has 1 N–H and O–H groups in total. The van der Waals surface area contributed by atoms with Gasteiger partial charge in [0.25, 0.3) is 5.91 Å². The highest BCUT2D eigenvalue weighted by atomic mass is 35.5. The molecule has 1 aromatic rings. The van der Waals surface area contributed by atoms with Crippen LogP contribution in [0.3, 0.4) is 0 Å². The van der Waals surface area contributed by atoms with Crippen molar-refractivity contribution in [2.24, 2.45) is 5.92 Å². The van der Waals surface area contributed by atoms with E-state index in [1.807, 2.05) is 0 Å². The molecule has 2 heterocycles. The fourth-order valence-electron chi connectivity index (χ4n) is 3.15. The molecular weight excluding hydrogens is 342 g/mol. The zero-order valence-electron chi connectivity index (χ0n) is 14.9. The van der Waals surface area contributed by atoms with E-state index in [0.29, 0.717) is 47.8 Å². The van der Waals surface area contributed by atoms with E-state index in [-0.39, 0.29) is 5.91 Å². The maximum Gasteiger partial charge on any atom is 0.251 e. The first-order valence-corrected chi connectivity index (χ1v) is 9.19. The topological polar surface area (TPSA) is 54.0 Å². The average molecular weight is 368 g/mol. The lowest BCUT2D eigenvalue weighted by Crippen LogP contribution is -2.46. The molecule has 1 aromatic carbocycles. The molecule has 1 unspecified atom stereocenters. The molecule has 0 saturated carbocycles. The Labute approximate surface area is 154 Å². The van der Waals surface area contributed by atoms with Crippen molar-refractivity contribution in [1.29, 1.82) is 0 Å². The molecule has 2 aliphatic heterocycles. The Morgan fingerprint density at radius 2 is 1.96 bits per heavy atom. The summed E-state index contributed by atoms with van der Waals surface area (Å²) in [5.74, 6) is 1.31. The fourth-order valence-corrected chi connectivity index (χ4v) is 3.41. The smallest absolute Gasteiger partial charge is 0.251 e. The van der Waals surface area contributed by atoms with Crippen LogP contribution < -0.4 is 14.8 Å². The molecule has 138 valence electrons. The molecule has 0 bridgehead atoms. The lowest BCUT2D eigenvalue weighted by Gasteiger charge is -2.33. The second-order valence-electron chi connectivity index (χ2n) is 6.90. The predicted molar refractivity (Wildman–Crippen MR) is 97.9 cm³/mol. The molecule has 1 atom stereocenters. The van der Waals surface area contributed by atoms with E-state index in [2.05, 4.69) is 29.1 Å². The van der Waals surface area contributed by atoms with Crippen molar-refractivity contribution in [3.8, 4) is 11.5 Å². The van der Waals surface area contributed by atoms with Crippen LogP contribution in [0.1, 0.15) is 17.3 Å². The minimum atomic E-state index is -0.135. The van der Waals surface area contributed by atoms with Crippen molar-refractivity contribution < 1.29 is 14.3 Å². The first-order valence-electron chi connectivity index (χ1n) is 8.81.